The summed E-state index contributed by atoms with van der Waals surface area (Å²) in [4.78, 5) is 17.3. The number of pyridine rings is 1. The Morgan fingerprint density at radius 2 is 1.77 bits per heavy atom. The maximum Gasteiger partial charge on any atom is 0.231 e. The molecule has 0 fully saturated rings. The van der Waals surface area contributed by atoms with Crippen molar-refractivity contribution in [2.45, 2.75) is 6.42 Å². The molecule has 0 atom stereocenters. The Morgan fingerprint density at radius 3 is 2.69 bits per heavy atom. The quantitative estimate of drug-likeness (QED) is 0.297. The van der Waals surface area contributed by atoms with Crippen LogP contribution in [0.5, 0.6) is 11.5 Å². The molecule has 1 aliphatic rings. The number of amides is 1. The summed E-state index contributed by atoms with van der Waals surface area (Å²) in [6.07, 6.45) is 3.92. The normalized spacial score (nSPS) is 12.1. The van der Waals surface area contributed by atoms with Gasteiger partial charge in [-0.1, -0.05) is 24.3 Å². The number of anilines is 3. The van der Waals surface area contributed by atoms with Crippen molar-refractivity contribution in [2.75, 3.05) is 17.4 Å². The molecular weight excluding hydrogens is 492 g/mol. The first-order valence-electron chi connectivity index (χ1n) is 12.4. The molecule has 1 aliphatic heterocycles. The number of benzene rings is 3. The molecule has 0 saturated heterocycles. The van der Waals surface area contributed by atoms with Crippen molar-refractivity contribution < 1.29 is 14.3 Å². The van der Waals surface area contributed by atoms with Gasteiger partial charge in [0.1, 0.15) is 0 Å². The third kappa shape index (κ3) is 4.46. The van der Waals surface area contributed by atoms with Gasteiger partial charge in [0, 0.05) is 40.6 Å². The summed E-state index contributed by atoms with van der Waals surface area (Å²) in [6, 6.07) is 27.0. The molecule has 0 spiro atoms. The van der Waals surface area contributed by atoms with Crippen LogP contribution in [0.15, 0.2) is 97.3 Å². The van der Waals surface area contributed by atoms with Crippen LogP contribution < -0.4 is 20.1 Å². The molecular formula is C30H22N6O3. The van der Waals surface area contributed by atoms with E-state index in [2.05, 4.69) is 25.8 Å². The van der Waals surface area contributed by atoms with E-state index in [1.54, 1.807) is 24.4 Å². The Hall–Kier alpha value is -5.44. The second-order valence-corrected chi connectivity index (χ2v) is 9.15. The molecule has 2 N–H and O–H groups in total. The molecule has 0 aliphatic carbocycles. The average molecular weight is 515 g/mol. The lowest BCUT2D eigenvalue weighted by atomic mass is 10.1. The van der Waals surface area contributed by atoms with Crippen LogP contribution in [0.1, 0.15) is 5.56 Å². The predicted molar refractivity (Wildman–Crippen MR) is 149 cm³/mol. The molecule has 6 aromatic rings. The Balaban J connectivity index is 1.11. The van der Waals surface area contributed by atoms with E-state index < -0.39 is 0 Å². The molecule has 3 aromatic carbocycles. The minimum atomic E-state index is -0.131. The minimum absolute atomic E-state index is 0.131. The number of para-hydroxylation sites is 1. The van der Waals surface area contributed by atoms with Crippen LogP contribution in [0.4, 0.5) is 17.2 Å². The topological polar surface area (TPSA) is 103 Å². The van der Waals surface area contributed by atoms with Crippen LogP contribution in [0.25, 0.3) is 27.6 Å². The Bertz CT molecular complexity index is 1850. The van der Waals surface area contributed by atoms with Gasteiger partial charge in [0.15, 0.2) is 23.1 Å². The maximum absolute atomic E-state index is 12.9. The number of ether oxygens (including phenoxy) is 2. The third-order valence-corrected chi connectivity index (χ3v) is 6.57. The molecule has 9 heteroatoms. The second kappa shape index (κ2) is 9.46. The van der Waals surface area contributed by atoms with Crippen molar-refractivity contribution in [3.63, 3.8) is 0 Å². The summed E-state index contributed by atoms with van der Waals surface area (Å²) in [5, 5.41) is 17.1. The molecule has 4 heterocycles. The van der Waals surface area contributed by atoms with E-state index in [1.807, 2.05) is 77.5 Å². The summed E-state index contributed by atoms with van der Waals surface area (Å²) in [6.45, 7) is 0.188. The molecule has 1 amide bonds. The lowest BCUT2D eigenvalue weighted by Crippen LogP contribution is -2.14. The number of nitrogens with one attached hydrogen (secondary N) is 2. The number of aromatic nitrogens is 4. The van der Waals surface area contributed by atoms with Gasteiger partial charge in [-0.25, -0.2) is 0 Å². The first-order chi connectivity index (χ1) is 19.2. The highest BCUT2D eigenvalue weighted by Crippen LogP contribution is 2.34. The molecule has 9 nitrogen and oxygen atoms in total. The zero-order valence-corrected chi connectivity index (χ0v) is 20.7. The molecule has 0 radical (unpaired) electrons. The Kier molecular flexibility index (Phi) is 5.51. The zero-order valence-electron chi connectivity index (χ0n) is 20.7. The van der Waals surface area contributed by atoms with Crippen molar-refractivity contribution >= 4 is 44.9 Å². The van der Waals surface area contributed by atoms with E-state index in [1.165, 1.54) is 0 Å². The first kappa shape index (κ1) is 22.7. The van der Waals surface area contributed by atoms with Crippen molar-refractivity contribution in [1.82, 2.24) is 19.7 Å². The van der Waals surface area contributed by atoms with Crippen LogP contribution in [0.3, 0.4) is 0 Å². The highest BCUT2D eigenvalue weighted by Gasteiger charge is 2.17. The zero-order chi connectivity index (χ0) is 26.2. The summed E-state index contributed by atoms with van der Waals surface area (Å²) in [5.41, 5.74) is 4.33. The predicted octanol–water partition coefficient (Wildman–Crippen LogP) is 5.62. The molecule has 190 valence electrons. The van der Waals surface area contributed by atoms with Crippen LogP contribution in [0, 0.1) is 0 Å². The van der Waals surface area contributed by atoms with Gasteiger partial charge in [-0.3, -0.25) is 14.3 Å². The number of carbonyl (C=O) groups excluding carboxylic acids is 1. The van der Waals surface area contributed by atoms with Crippen LogP contribution in [0.2, 0.25) is 0 Å². The summed E-state index contributed by atoms with van der Waals surface area (Å²) >= 11 is 0. The fourth-order valence-electron chi connectivity index (χ4n) is 4.75. The van der Waals surface area contributed by atoms with E-state index in [0.717, 1.165) is 33.1 Å². The first-order valence-corrected chi connectivity index (χ1v) is 12.4. The number of hydrogen-bond acceptors (Lipinski definition) is 7. The van der Waals surface area contributed by atoms with Crippen molar-refractivity contribution in [3.05, 3.63) is 103 Å². The van der Waals surface area contributed by atoms with Crippen LogP contribution in [-0.2, 0) is 11.2 Å². The van der Waals surface area contributed by atoms with E-state index in [0.29, 0.717) is 28.8 Å². The Labute approximate surface area is 223 Å². The van der Waals surface area contributed by atoms with Gasteiger partial charge in [0.25, 0.3) is 0 Å². The second-order valence-electron chi connectivity index (χ2n) is 9.15. The van der Waals surface area contributed by atoms with Gasteiger partial charge in [-0.2, -0.15) is 0 Å². The fraction of sp³-hybridized carbons (Fsp3) is 0.0667. The van der Waals surface area contributed by atoms with Crippen molar-refractivity contribution in [2.24, 2.45) is 0 Å². The number of fused-ring (bicyclic) bond motifs is 3. The SMILES string of the molecule is O=C(Cc1cn(-c2ccc(Nc3ccc4ncccc4c3)nn2)c2ccccc12)Nc1ccc2c(c1)OCO2. The molecule has 3 aromatic heterocycles. The highest BCUT2D eigenvalue weighted by atomic mass is 16.7. The Morgan fingerprint density at radius 1 is 0.872 bits per heavy atom. The monoisotopic (exact) mass is 514 g/mol. The third-order valence-electron chi connectivity index (χ3n) is 6.57. The van der Waals surface area contributed by atoms with Crippen molar-refractivity contribution in [3.8, 4) is 17.3 Å². The minimum Gasteiger partial charge on any atom is -0.454 e. The van der Waals surface area contributed by atoms with Gasteiger partial charge in [-0.05, 0) is 60.2 Å². The fourth-order valence-corrected chi connectivity index (χ4v) is 4.75. The largest absolute Gasteiger partial charge is 0.454 e. The molecule has 0 bridgehead atoms. The van der Waals surface area contributed by atoms with Crippen LogP contribution >= 0.6 is 0 Å². The summed E-state index contributed by atoms with van der Waals surface area (Å²) in [5.74, 6) is 2.45. The summed E-state index contributed by atoms with van der Waals surface area (Å²) in [7, 11) is 0. The maximum atomic E-state index is 12.9. The smallest absolute Gasteiger partial charge is 0.231 e. The summed E-state index contributed by atoms with van der Waals surface area (Å²) < 4.78 is 12.7. The van der Waals surface area contributed by atoms with Gasteiger partial charge < -0.3 is 20.1 Å². The number of nitrogens with zero attached hydrogens (tertiary/aromatic N) is 4. The standard InChI is InChI=1S/C30H22N6O3/c37-30(33-22-8-10-26-27(16-22)39-18-38-26)15-20-17-36(25-6-2-1-5-23(20)25)29-12-11-28(34-35-29)32-21-7-9-24-19(14-21)4-3-13-31-24/h1-14,16-17H,15,18H2,(H,32,34)(H,33,37). The lowest BCUT2D eigenvalue weighted by molar-refractivity contribution is -0.115. The number of carbonyl (C=O) groups is 1. The average Bonchev–Trinajstić information content (AvgIpc) is 3.58. The van der Waals surface area contributed by atoms with Crippen LogP contribution in [-0.4, -0.2) is 32.4 Å². The lowest BCUT2D eigenvalue weighted by Gasteiger charge is -2.08. The molecule has 7 rings (SSSR count). The van der Waals surface area contributed by atoms with E-state index in [-0.39, 0.29) is 19.1 Å². The highest BCUT2D eigenvalue weighted by molar-refractivity contribution is 5.96. The van der Waals surface area contributed by atoms with Gasteiger partial charge >= 0.3 is 0 Å². The number of hydrogen-bond donors (Lipinski definition) is 2. The number of rotatable bonds is 6. The van der Waals surface area contributed by atoms with E-state index in [4.69, 9.17) is 9.47 Å². The van der Waals surface area contributed by atoms with Crippen molar-refractivity contribution in [1.29, 1.82) is 0 Å². The molecule has 39 heavy (non-hydrogen) atoms. The van der Waals surface area contributed by atoms with E-state index >= 15 is 0 Å². The molecule has 0 saturated carbocycles. The molecule has 0 unspecified atom stereocenters. The van der Waals surface area contributed by atoms with Gasteiger partial charge in [0.2, 0.25) is 12.7 Å². The van der Waals surface area contributed by atoms with Gasteiger partial charge in [-0.15, -0.1) is 10.2 Å². The van der Waals surface area contributed by atoms with Gasteiger partial charge in [0.05, 0.1) is 17.5 Å². The van der Waals surface area contributed by atoms with E-state index in [9.17, 15) is 4.79 Å².